The summed E-state index contributed by atoms with van der Waals surface area (Å²) in [7, 11) is 0. The van der Waals surface area contributed by atoms with Gasteiger partial charge in [-0.2, -0.15) is 0 Å². The van der Waals surface area contributed by atoms with Crippen LogP contribution in [0.5, 0.6) is 0 Å². The van der Waals surface area contributed by atoms with Gasteiger partial charge < -0.3 is 5.73 Å². The third-order valence-electron chi connectivity index (χ3n) is 5.64. The highest BCUT2D eigenvalue weighted by Gasteiger charge is 2.54. The van der Waals surface area contributed by atoms with E-state index in [9.17, 15) is 0 Å². The fourth-order valence-electron chi connectivity index (χ4n) is 5.18. The van der Waals surface area contributed by atoms with Gasteiger partial charge in [-0.15, -0.1) is 0 Å². The van der Waals surface area contributed by atoms with Gasteiger partial charge in [0.25, 0.3) is 0 Å². The lowest BCUT2D eigenvalue weighted by Crippen LogP contribution is -2.52. The highest BCUT2D eigenvalue weighted by Crippen LogP contribution is 2.63. The molecule has 14 heavy (non-hydrogen) atoms. The predicted octanol–water partition coefficient (Wildman–Crippen LogP) is 2.80. The Kier molecular flexibility index (Phi) is 1.96. The first kappa shape index (κ1) is 9.21. The lowest BCUT2D eigenvalue weighted by Gasteiger charge is -2.61. The fourth-order valence-corrected chi connectivity index (χ4v) is 5.18. The van der Waals surface area contributed by atoms with E-state index in [4.69, 9.17) is 5.73 Å². The van der Waals surface area contributed by atoms with Crippen molar-refractivity contribution in [3.05, 3.63) is 0 Å². The van der Waals surface area contributed by atoms with Crippen molar-refractivity contribution >= 4 is 0 Å². The van der Waals surface area contributed by atoms with Crippen LogP contribution in [0.3, 0.4) is 0 Å². The van der Waals surface area contributed by atoms with Crippen LogP contribution in [0.25, 0.3) is 0 Å². The van der Waals surface area contributed by atoms with Crippen LogP contribution >= 0.6 is 0 Å². The van der Waals surface area contributed by atoms with E-state index in [-0.39, 0.29) is 0 Å². The topological polar surface area (TPSA) is 26.0 Å². The molecule has 0 aromatic rings. The van der Waals surface area contributed by atoms with E-state index in [1.807, 2.05) is 0 Å². The Morgan fingerprint density at radius 2 is 1.79 bits per heavy atom. The molecule has 4 rings (SSSR count). The first-order chi connectivity index (χ1) is 6.73. The van der Waals surface area contributed by atoms with Crippen LogP contribution < -0.4 is 5.73 Å². The normalized spacial score (nSPS) is 55.3. The van der Waals surface area contributed by atoms with Crippen LogP contribution in [0.15, 0.2) is 0 Å². The Morgan fingerprint density at radius 1 is 1.14 bits per heavy atom. The van der Waals surface area contributed by atoms with Crippen LogP contribution in [-0.4, -0.2) is 6.54 Å². The lowest BCUT2D eigenvalue weighted by atomic mass is 9.45. The minimum absolute atomic E-state index is 0.684. The zero-order chi connectivity index (χ0) is 9.76. The molecule has 1 nitrogen and oxygen atoms in total. The van der Waals surface area contributed by atoms with Crippen molar-refractivity contribution in [3.63, 3.8) is 0 Å². The summed E-state index contributed by atoms with van der Waals surface area (Å²) in [5, 5.41) is 0. The largest absolute Gasteiger partial charge is 0.330 e. The second kappa shape index (κ2) is 2.98. The molecule has 0 aromatic carbocycles. The first-order valence-electron chi connectivity index (χ1n) is 6.43. The minimum atomic E-state index is 0.684. The molecule has 2 N–H and O–H groups in total. The SMILES string of the molecule is CC1C2CC3CC(C2)CC1(CCN)C3. The Bertz CT molecular complexity index is 221. The van der Waals surface area contributed by atoms with Gasteiger partial charge in [-0.3, -0.25) is 0 Å². The summed E-state index contributed by atoms with van der Waals surface area (Å²) in [6.07, 6.45) is 8.97. The Labute approximate surface area is 87.4 Å². The van der Waals surface area contributed by atoms with Crippen LogP contribution in [0.1, 0.15) is 45.4 Å². The monoisotopic (exact) mass is 193 g/mol. The molecule has 3 unspecified atom stereocenters. The van der Waals surface area contributed by atoms with Crippen molar-refractivity contribution in [1.82, 2.24) is 0 Å². The molecule has 0 radical (unpaired) electrons. The smallest absolute Gasteiger partial charge is 0.00719 e. The van der Waals surface area contributed by atoms with Gasteiger partial charge >= 0.3 is 0 Å². The summed E-state index contributed by atoms with van der Waals surface area (Å²) in [4.78, 5) is 0. The van der Waals surface area contributed by atoms with Crippen molar-refractivity contribution in [2.24, 2.45) is 34.8 Å². The summed E-state index contributed by atoms with van der Waals surface area (Å²) in [6, 6.07) is 0. The molecule has 1 heteroatoms. The molecule has 4 saturated carbocycles. The molecule has 0 amide bonds. The minimum Gasteiger partial charge on any atom is -0.330 e. The standard InChI is InChI=1S/C13H23N/c1-9-12-5-10-4-11(6-12)8-13(9,7-10)2-3-14/h9-12H,2-8,14H2,1H3. The summed E-state index contributed by atoms with van der Waals surface area (Å²) >= 11 is 0. The van der Waals surface area contributed by atoms with Crippen LogP contribution in [0.4, 0.5) is 0 Å². The van der Waals surface area contributed by atoms with Crippen LogP contribution in [0.2, 0.25) is 0 Å². The van der Waals surface area contributed by atoms with Gasteiger partial charge in [-0.1, -0.05) is 6.92 Å². The van der Waals surface area contributed by atoms with Crippen molar-refractivity contribution in [3.8, 4) is 0 Å². The van der Waals surface area contributed by atoms with Crippen molar-refractivity contribution in [2.45, 2.75) is 45.4 Å². The number of hydrogen-bond acceptors (Lipinski definition) is 1. The molecular weight excluding hydrogens is 170 g/mol. The quantitative estimate of drug-likeness (QED) is 0.717. The second-order valence-corrected chi connectivity index (χ2v) is 6.30. The molecule has 0 saturated heterocycles. The maximum absolute atomic E-state index is 5.81. The highest BCUT2D eigenvalue weighted by atomic mass is 14.6. The average molecular weight is 193 g/mol. The summed E-state index contributed by atoms with van der Waals surface area (Å²) in [6.45, 7) is 3.43. The van der Waals surface area contributed by atoms with Gasteiger partial charge in [0, 0.05) is 0 Å². The molecule has 4 aliphatic rings. The molecule has 80 valence electrons. The molecule has 3 atom stereocenters. The summed E-state index contributed by atoms with van der Waals surface area (Å²) in [5.74, 6) is 4.19. The molecule has 0 spiro atoms. The summed E-state index contributed by atoms with van der Waals surface area (Å²) in [5.41, 5.74) is 6.50. The molecular formula is C13H23N. The molecule has 4 aliphatic carbocycles. The highest BCUT2D eigenvalue weighted by molar-refractivity contribution is 5.04. The molecule has 4 fully saturated rings. The van der Waals surface area contributed by atoms with E-state index in [1.165, 1.54) is 19.3 Å². The van der Waals surface area contributed by atoms with E-state index in [0.717, 1.165) is 30.2 Å². The third kappa shape index (κ3) is 1.11. The van der Waals surface area contributed by atoms with Gasteiger partial charge in [0.2, 0.25) is 0 Å². The second-order valence-electron chi connectivity index (χ2n) is 6.30. The number of nitrogens with two attached hydrogens (primary N) is 1. The Morgan fingerprint density at radius 3 is 2.36 bits per heavy atom. The van der Waals surface area contributed by atoms with E-state index in [0.29, 0.717) is 5.41 Å². The lowest BCUT2D eigenvalue weighted by molar-refractivity contribution is -0.104. The number of rotatable bonds is 2. The molecule has 0 heterocycles. The number of hydrogen-bond donors (Lipinski definition) is 1. The molecule has 0 aromatic heterocycles. The summed E-state index contributed by atoms with van der Waals surface area (Å²) < 4.78 is 0. The van der Waals surface area contributed by atoms with Crippen LogP contribution in [0, 0.1) is 29.1 Å². The van der Waals surface area contributed by atoms with Gasteiger partial charge in [0.05, 0.1) is 0 Å². The first-order valence-corrected chi connectivity index (χ1v) is 6.43. The van der Waals surface area contributed by atoms with Gasteiger partial charge in [-0.25, -0.2) is 0 Å². The van der Waals surface area contributed by atoms with Gasteiger partial charge in [-0.05, 0) is 74.2 Å². The zero-order valence-corrected chi connectivity index (χ0v) is 9.34. The van der Waals surface area contributed by atoms with Crippen molar-refractivity contribution in [2.75, 3.05) is 6.54 Å². The van der Waals surface area contributed by atoms with E-state index >= 15 is 0 Å². The van der Waals surface area contributed by atoms with Gasteiger partial charge in [0.1, 0.15) is 0 Å². The van der Waals surface area contributed by atoms with E-state index < -0.39 is 0 Å². The average Bonchev–Trinajstić information content (AvgIpc) is 2.13. The molecule has 4 bridgehead atoms. The fraction of sp³-hybridized carbons (Fsp3) is 1.00. The Balaban J connectivity index is 1.89. The molecule has 0 aliphatic heterocycles. The van der Waals surface area contributed by atoms with Gasteiger partial charge in [0.15, 0.2) is 0 Å². The van der Waals surface area contributed by atoms with Crippen LogP contribution in [-0.2, 0) is 0 Å². The van der Waals surface area contributed by atoms with Crippen molar-refractivity contribution < 1.29 is 0 Å². The predicted molar refractivity (Wildman–Crippen MR) is 58.8 cm³/mol. The third-order valence-corrected chi connectivity index (χ3v) is 5.64. The Hall–Kier alpha value is -0.0400. The maximum Gasteiger partial charge on any atom is -0.00719 e. The maximum atomic E-state index is 5.81. The van der Waals surface area contributed by atoms with E-state index in [2.05, 4.69) is 6.92 Å². The van der Waals surface area contributed by atoms with Crippen molar-refractivity contribution in [1.29, 1.82) is 0 Å². The van der Waals surface area contributed by atoms with E-state index in [1.54, 1.807) is 19.3 Å². The zero-order valence-electron chi connectivity index (χ0n) is 9.34.